The molecule has 2 aromatic carbocycles. The lowest BCUT2D eigenvalue weighted by Crippen LogP contribution is -2.28. The molecule has 0 saturated carbocycles. The van der Waals surface area contributed by atoms with Crippen LogP contribution in [0.5, 0.6) is 5.75 Å². The molecule has 5 rings (SSSR count). The van der Waals surface area contributed by atoms with Crippen molar-refractivity contribution in [1.82, 2.24) is 14.6 Å². The summed E-state index contributed by atoms with van der Waals surface area (Å²) in [7, 11) is 1.58. The van der Waals surface area contributed by atoms with Crippen LogP contribution in [0.15, 0.2) is 53.9 Å². The van der Waals surface area contributed by atoms with Crippen LogP contribution in [0.25, 0.3) is 16.2 Å². The Kier molecular flexibility index (Phi) is 5.06. The van der Waals surface area contributed by atoms with Gasteiger partial charge in [0.15, 0.2) is 0 Å². The van der Waals surface area contributed by atoms with Gasteiger partial charge in [0.1, 0.15) is 11.6 Å². The molecule has 0 spiro atoms. The van der Waals surface area contributed by atoms with E-state index in [9.17, 15) is 14.0 Å². The van der Waals surface area contributed by atoms with E-state index in [2.05, 4.69) is 15.4 Å². The fourth-order valence-electron chi connectivity index (χ4n) is 3.66. The largest absolute Gasteiger partial charge is 0.497 e. The van der Waals surface area contributed by atoms with Gasteiger partial charge in [-0.05, 0) is 48.5 Å². The monoisotopic (exact) mass is 451 g/mol. The fourth-order valence-corrected chi connectivity index (χ4v) is 4.49. The quantitative estimate of drug-likeness (QED) is 0.501. The fraction of sp³-hybridized carbons (Fsp3) is 0.182. The molecule has 0 aliphatic carbocycles. The summed E-state index contributed by atoms with van der Waals surface area (Å²) in [5.41, 5.74) is 2.26. The summed E-state index contributed by atoms with van der Waals surface area (Å²) in [5.74, 6) is -0.394. The second-order valence-corrected chi connectivity index (χ2v) is 8.19. The van der Waals surface area contributed by atoms with Gasteiger partial charge in [0.05, 0.1) is 18.7 Å². The summed E-state index contributed by atoms with van der Waals surface area (Å²) < 4.78 is 20.0. The Morgan fingerprint density at radius 3 is 2.66 bits per heavy atom. The minimum absolute atomic E-state index is 0.112. The van der Waals surface area contributed by atoms with Crippen LogP contribution >= 0.6 is 11.3 Å². The zero-order valence-electron chi connectivity index (χ0n) is 17.0. The average molecular weight is 451 g/mol. The zero-order chi connectivity index (χ0) is 22.2. The maximum absolute atomic E-state index is 13.2. The minimum Gasteiger partial charge on any atom is -0.497 e. The third-order valence-corrected chi connectivity index (χ3v) is 6.15. The van der Waals surface area contributed by atoms with Crippen LogP contribution in [0.3, 0.4) is 0 Å². The Bertz CT molecular complexity index is 1300. The highest BCUT2D eigenvalue weighted by atomic mass is 32.1. The molecule has 4 aromatic rings. The van der Waals surface area contributed by atoms with Crippen molar-refractivity contribution in [3.8, 4) is 17.0 Å². The number of halogens is 1. The van der Waals surface area contributed by atoms with Crippen LogP contribution in [0.2, 0.25) is 0 Å². The van der Waals surface area contributed by atoms with Crippen molar-refractivity contribution < 1.29 is 18.7 Å². The molecule has 2 aromatic heterocycles. The van der Waals surface area contributed by atoms with E-state index >= 15 is 0 Å². The van der Waals surface area contributed by atoms with Gasteiger partial charge in [0, 0.05) is 29.6 Å². The van der Waals surface area contributed by atoms with E-state index in [-0.39, 0.29) is 36.5 Å². The van der Waals surface area contributed by atoms with Crippen molar-refractivity contribution in [3.05, 3.63) is 59.7 Å². The zero-order valence-corrected chi connectivity index (χ0v) is 17.8. The van der Waals surface area contributed by atoms with Crippen molar-refractivity contribution in [2.75, 3.05) is 23.9 Å². The first kappa shape index (κ1) is 20.1. The van der Waals surface area contributed by atoms with Crippen molar-refractivity contribution in [2.24, 2.45) is 5.92 Å². The maximum Gasteiger partial charge on any atom is 0.250 e. The molecule has 1 unspecified atom stereocenters. The Balaban J connectivity index is 1.30. The molecular weight excluding hydrogens is 433 g/mol. The number of benzene rings is 2. The van der Waals surface area contributed by atoms with Gasteiger partial charge in [-0.25, -0.2) is 8.91 Å². The van der Waals surface area contributed by atoms with Crippen molar-refractivity contribution in [2.45, 2.75) is 6.42 Å². The molecule has 8 nitrogen and oxygen atoms in total. The number of rotatable bonds is 5. The van der Waals surface area contributed by atoms with Gasteiger partial charge in [-0.1, -0.05) is 0 Å². The topological polar surface area (TPSA) is 88.8 Å². The second-order valence-electron chi connectivity index (χ2n) is 7.35. The molecule has 32 heavy (non-hydrogen) atoms. The third kappa shape index (κ3) is 3.69. The number of nitrogens with zero attached hydrogens (tertiary/aromatic N) is 4. The Labute approximate surface area is 186 Å². The van der Waals surface area contributed by atoms with E-state index in [1.54, 1.807) is 52.9 Å². The number of methoxy groups -OCH3 is 1. The molecule has 1 fully saturated rings. The summed E-state index contributed by atoms with van der Waals surface area (Å²) in [6.07, 6.45) is 0.112. The summed E-state index contributed by atoms with van der Waals surface area (Å²) >= 11 is 1.37. The number of fused-ring (bicyclic) bond motifs is 1. The molecular formula is C22H18FN5O3S. The normalized spacial score (nSPS) is 16.0. The number of carbonyl (C=O) groups is 2. The summed E-state index contributed by atoms with van der Waals surface area (Å²) in [5, 5.41) is 8.97. The Morgan fingerprint density at radius 2 is 1.94 bits per heavy atom. The molecule has 2 amide bonds. The number of anilines is 2. The molecule has 1 aliphatic rings. The minimum atomic E-state index is -0.511. The molecule has 1 aliphatic heterocycles. The van der Waals surface area contributed by atoms with Crippen LogP contribution in [0, 0.1) is 11.7 Å². The Hall–Kier alpha value is -3.79. The predicted molar refractivity (Wildman–Crippen MR) is 118 cm³/mol. The van der Waals surface area contributed by atoms with E-state index in [1.807, 2.05) is 5.38 Å². The van der Waals surface area contributed by atoms with Gasteiger partial charge in [0.2, 0.25) is 22.7 Å². The molecule has 1 N–H and O–H groups in total. The van der Waals surface area contributed by atoms with E-state index in [0.717, 1.165) is 16.9 Å². The van der Waals surface area contributed by atoms with Gasteiger partial charge in [-0.15, -0.1) is 16.4 Å². The number of nitrogens with one attached hydrogen (secondary N) is 1. The highest BCUT2D eigenvalue weighted by molar-refractivity contribution is 7.15. The third-order valence-electron chi connectivity index (χ3n) is 5.34. The van der Waals surface area contributed by atoms with Crippen molar-refractivity contribution in [1.29, 1.82) is 0 Å². The van der Waals surface area contributed by atoms with Gasteiger partial charge < -0.3 is 9.64 Å². The van der Waals surface area contributed by atoms with Gasteiger partial charge in [-0.3, -0.25) is 14.9 Å². The van der Waals surface area contributed by atoms with Gasteiger partial charge >= 0.3 is 0 Å². The molecule has 1 saturated heterocycles. The lowest BCUT2D eigenvalue weighted by Gasteiger charge is -2.16. The smallest absolute Gasteiger partial charge is 0.250 e. The lowest BCUT2D eigenvalue weighted by molar-refractivity contribution is -0.122. The lowest BCUT2D eigenvalue weighted by atomic mass is 10.1. The first-order chi connectivity index (χ1) is 15.5. The molecule has 3 heterocycles. The number of aromatic nitrogens is 3. The van der Waals surface area contributed by atoms with Crippen LogP contribution in [-0.2, 0) is 9.59 Å². The maximum atomic E-state index is 13.2. The summed E-state index contributed by atoms with van der Waals surface area (Å²) in [6, 6.07) is 13.2. The van der Waals surface area contributed by atoms with E-state index in [4.69, 9.17) is 4.74 Å². The summed E-state index contributed by atoms with van der Waals surface area (Å²) in [6.45, 7) is 0.278. The SMILES string of the molecule is COc1ccc(N2CC(C(=O)Nc3nc4scc(-c5ccc(F)cc5)n4n3)CC2=O)cc1. The molecule has 1 atom stereocenters. The van der Waals surface area contributed by atoms with E-state index < -0.39 is 5.92 Å². The van der Waals surface area contributed by atoms with Gasteiger partial charge in [-0.2, -0.15) is 4.98 Å². The predicted octanol–water partition coefficient (Wildman–Crippen LogP) is 3.60. The van der Waals surface area contributed by atoms with E-state index in [0.29, 0.717) is 10.7 Å². The standard InChI is InChI=1S/C22H18FN5O3S/c1-31-17-8-6-16(7-9-17)27-11-14(10-19(27)29)20(30)24-21-25-22-28(26-21)18(12-32-22)13-2-4-15(23)5-3-13/h2-9,12,14H,10-11H2,1H3,(H,24,26,30). The van der Waals surface area contributed by atoms with Crippen LogP contribution < -0.4 is 15.0 Å². The summed E-state index contributed by atoms with van der Waals surface area (Å²) in [4.78, 5) is 31.8. The number of ether oxygens (including phenoxy) is 1. The van der Waals surface area contributed by atoms with Crippen LogP contribution in [0.1, 0.15) is 6.42 Å². The Morgan fingerprint density at radius 1 is 1.19 bits per heavy atom. The highest BCUT2D eigenvalue weighted by Gasteiger charge is 2.35. The van der Waals surface area contributed by atoms with Crippen molar-refractivity contribution in [3.63, 3.8) is 0 Å². The molecule has 0 radical (unpaired) electrons. The average Bonchev–Trinajstić information content (AvgIpc) is 3.49. The van der Waals surface area contributed by atoms with Crippen LogP contribution in [-0.4, -0.2) is 40.1 Å². The van der Waals surface area contributed by atoms with Crippen LogP contribution in [0.4, 0.5) is 16.0 Å². The first-order valence-electron chi connectivity index (χ1n) is 9.87. The molecule has 0 bridgehead atoms. The number of carbonyl (C=O) groups excluding carboxylic acids is 2. The highest BCUT2D eigenvalue weighted by Crippen LogP contribution is 2.29. The van der Waals surface area contributed by atoms with E-state index in [1.165, 1.54) is 23.5 Å². The number of amides is 2. The molecule has 10 heteroatoms. The number of hydrogen-bond donors (Lipinski definition) is 1. The van der Waals surface area contributed by atoms with Gasteiger partial charge in [0.25, 0.3) is 0 Å². The second kappa shape index (κ2) is 8.04. The number of thiazole rings is 1. The first-order valence-corrected chi connectivity index (χ1v) is 10.8. The van der Waals surface area contributed by atoms with Crippen molar-refractivity contribution >= 4 is 39.7 Å². The number of hydrogen-bond acceptors (Lipinski definition) is 6. The molecule has 162 valence electrons.